The largest absolute Gasteiger partial charge is 0.323 e. The predicted octanol–water partition coefficient (Wildman–Crippen LogP) is 1.99. The molecule has 32 heavy (non-hydrogen) atoms. The van der Waals surface area contributed by atoms with Gasteiger partial charge in [0.2, 0.25) is 11.8 Å². The van der Waals surface area contributed by atoms with Crippen molar-refractivity contribution in [3.05, 3.63) is 64.7 Å². The Balaban J connectivity index is 1.49. The van der Waals surface area contributed by atoms with Crippen LogP contribution in [0, 0.1) is 23.8 Å². The average Bonchev–Trinajstić information content (AvgIpc) is 3.05. The molecule has 0 saturated carbocycles. The number of halogens is 2. The lowest BCUT2D eigenvalue weighted by molar-refractivity contribution is -0.136. The molecule has 0 aliphatic carbocycles. The Bertz CT molecular complexity index is 1120. The second kappa shape index (κ2) is 8.26. The quantitative estimate of drug-likeness (QED) is 0.711. The Morgan fingerprint density at radius 2 is 1.97 bits per heavy atom. The molecule has 2 aliphatic rings. The number of urea groups is 1. The number of anilines is 1. The summed E-state index contributed by atoms with van der Waals surface area (Å²) >= 11 is 0. The number of amides is 5. The molecule has 2 aliphatic heterocycles. The average molecular weight is 440 g/mol. The highest BCUT2D eigenvalue weighted by Gasteiger charge is 2.40. The molecule has 0 spiro atoms. The lowest BCUT2D eigenvalue weighted by atomic mass is 10.0. The molecule has 0 radical (unpaired) electrons. The number of hydrogen-bond acceptors (Lipinski definition) is 4. The highest BCUT2D eigenvalue weighted by molar-refractivity contribution is 6.05. The minimum atomic E-state index is -0.821. The number of nitrogens with one attached hydrogen (secondary N) is 2. The second-order valence-corrected chi connectivity index (χ2v) is 7.63. The van der Waals surface area contributed by atoms with Crippen LogP contribution >= 0.6 is 0 Å². The van der Waals surface area contributed by atoms with Crippen LogP contribution in [0.15, 0.2) is 24.3 Å². The van der Waals surface area contributed by atoms with Crippen LogP contribution in [0.5, 0.6) is 0 Å². The van der Waals surface area contributed by atoms with E-state index in [-0.39, 0.29) is 43.4 Å². The molecular weight excluding hydrogens is 422 g/mol. The zero-order valence-electron chi connectivity index (χ0n) is 17.0. The van der Waals surface area contributed by atoms with Gasteiger partial charge in [0.1, 0.15) is 17.7 Å². The molecule has 1 unspecified atom stereocenters. The van der Waals surface area contributed by atoms with Gasteiger partial charge in [-0.3, -0.25) is 19.7 Å². The van der Waals surface area contributed by atoms with E-state index in [9.17, 15) is 28.0 Å². The molecule has 1 saturated heterocycles. The molecule has 2 aromatic carbocycles. The first-order valence-electron chi connectivity index (χ1n) is 9.80. The maximum Gasteiger partial charge on any atom is 0.321 e. The SMILES string of the molecule is CN(Cc1c#ccc2c1CN(C1CCC(=O)NC1=O)C2=O)C(=O)Nc1cc(F)cc(F)c1. The van der Waals surface area contributed by atoms with Gasteiger partial charge in [-0.25, -0.2) is 13.6 Å². The summed E-state index contributed by atoms with van der Waals surface area (Å²) in [6, 6.07) is 8.43. The van der Waals surface area contributed by atoms with Crippen LogP contribution in [0.1, 0.15) is 34.3 Å². The molecule has 1 fully saturated rings. The predicted molar refractivity (Wildman–Crippen MR) is 107 cm³/mol. The fourth-order valence-electron chi connectivity index (χ4n) is 3.81. The van der Waals surface area contributed by atoms with E-state index in [0.717, 1.165) is 12.1 Å². The zero-order valence-corrected chi connectivity index (χ0v) is 17.0. The first-order valence-corrected chi connectivity index (χ1v) is 9.80. The third kappa shape index (κ3) is 4.09. The first-order chi connectivity index (χ1) is 15.2. The molecule has 164 valence electrons. The van der Waals surface area contributed by atoms with Crippen molar-refractivity contribution in [3.8, 4) is 0 Å². The standard InChI is InChI=1S/C22H18F2N4O4/c1-27(22(32)25-15-8-13(23)7-14(24)9-15)10-12-3-2-4-16-17(12)11-28(21(16)31)18-5-6-19(29)26-20(18)30/h4,7-9,18H,5-6,10-11H2,1H3,(H,25,32)(H,26,29,30). The van der Waals surface area contributed by atoms with Crippen molar-refractivity contribution in [2.24, 2.45) is 0 Å². The van der Waals surface area contributed by atoms with E-state index in [1.165, 1.54) is 22.9 Å². The van der Waals surface area contributed by atoms with Crippen LogP contribution < -0.4 is 10.6 Å². The lowest BCUT2D eigenvalue weighted by Gasteiger charge is -2.29. The summed E-state index contributed by atoms with van der Waals surface area (Å²) in [6.07, 6.45) is 0.380. The Morgan fingerprint density at radius 3 is 2.66 bits per heavy atom. The number of hydrogen-bond donors (Lipinski definition) is 2. The van der Waals surface area contributed by atoms with Gasteiger partial charge < -0.3 is 15.1 Å². The summed E-state index contributed by atoms with van der Waals surface area (Å²) < 4.78 is 26.7. The van der Waals surface area contributed by atoms with Crippen molar-refractivity contribution in [3.63, 3.8) is 0 Å². The fourth-order valence-corrected chi connectivity index (χ4v) is 3.81. The maximum absolute atomic E-state index is 13.4. The Kier molecular flexibility index (Phi) is 5.48. The van der Waals surface area contributed by atoms with Gasteiger partial charge in [0.15, 0.2) is 0 Å². The van der Waals surface area contributed by atoms with Crippen LogP contribution in [0.25, 0.3) is 0 Å². The fraction of sp³-hybridized carbons (Fsp3) is 0.273. The van der Waals surface area contributed by atoms with E-state index in [2.05, 4.69) is 22.8 Å². The van der Waals surface area contributed by atoms with Gasteiger partial charge in [-0.05, 0) is 24.1 Å². The molecule has 2 heterocycles. The van der Waals surface area contributed by atoms with Crippen LogP contribution in [0.3, 0.4) is 0 Å². The molecule has 0 aromatic heterocycles. The van der Waals surface area contributed by atoms with Crippen molar-refractivity contribution < 1.29 is 28.0 Å². The van der Waals surface area contributed by atoms with E-state index >= 15 is 0 Å². The van der Waals surface area contributed by atoms with Gasteiger partial charge in [0, 0.05) is 43.4 Å². The van der Waals surface area contributed by atoms with Gasteiger partial charge in [-0.15, -0.1) is 0 Å². The number of carbonyl (C=O) groups excluding carboxylic acids is 4. The summed E-state index contributed by atoms with van der Waals surface area (Å²) in [5.41, 5.74) is 1.44. The third-order valence-corrected chi connectivity index (χ3v) is 5.39. The number of carbonyl (C=O) groups is 4. The van der Waals surface area contributed by atoms with Crippen LogP contribution in [-0.2, 0) is 22.7 Å². The number of nitrogens with zero attached hydrogens (tertiary/aromatic N) is 2. The second-order valence-electron chi connectivity index (χ2n) is 7.63. The van der Waals surface area contributed by atoms with Crippen molar-refractivity contribution in [2.75, 3.05) is 12.4 Å². The van der Waals surface area contributed by atoms with Crippen molar-refractivity contribution in [1.82, 2.24) is 15.1 Å². The van der Waals surface area contributed by atoms with E-state index < -0.39 is 29.6 Å². The smallest absolute Gasteiger partial charge is 0.321 e. The lowest BCUT2D eigenvalue weighted by Crippen LogP contribution is -2.52. The Hall–Kier alpha value is -4.00. The first kappa shape index (κ1) is 21.2. The molecule has 0 bridgehead atoms. The van der Waals surface area contributed by atoms with Gasteiger partial charge in [0.25, 0.3) is 5.91 Å². The molecule has 2 N–H and O–H groups in total. The van der Waals surface area contributed by atoms with Crippen molar-refractivity contribution in [2.45, 2.75) is 32.0 Å². The highest BCUT2D eigenvalue weighted by atomic mass is 19.1. The van der Waals surface area contributed by atoms with Gasteiger partial charge in [-0.2, -0.15) is 0 Å². The Labute approximate surface area is 182 Å². The third-order valence-electron chi connectivity index (χ3n) is 5.39. The topological polar surface area (TPSA) is 98.8 Å². The summed E-state index contributed by atoms with van der Waals surface area (Å²) in [5.74, 6) is -2.89. The number of rotatable bonds is 4. The number of imide groups is 1. The van der Waals surface area contributed by atoms with Crippen molar-refractivity contribution in [1.29, 1.82) is 0 Å². The maximum atomic E-state index is 13.4. The van der Waals surface area contributed by atoms with E-state index in [1.807, 2.05) is 0 Å². The summed E-state index contributed by atoms with van der Waals surface area (Å²) in [6.45, 7) is 0.172. The minimum Gasteiger partial charge on any atom is -0.323 e. The highest BCUT2D eigenvalue weighted by Crippen LogP contribution is 2.29. The van der Waals surface area contributed by atoms with Crippen LogP contribution in [-0.4, -0.2) is 46.6 Å². The van der Waals surface area contributed by atoms with Gasteiger partial charge in [0.05, 0.1) is 12.1 Å². The monoisotopic (exact) mass is 440 g/mol. The molecule has 5 amide bonds. The normalized spacial score (nSPS) is 17.5. The molecule has 1 atom stereocenters. The number of fused-ring (bicyclic) bond motifs is 1. The van der Waals surface area contributed by atoms with E-state index in [4.69, 9.17) is 0 Å². The molecular formula is C22H18F2N4O4. The van der Waals surface area contributed by atoms with Gasteiger partial charge >= 0.3 is 6.03 Å². The molecule has 10 heteroatoms. The molecule has 4 rings (SSSR count). The van der Waals surface area contributed by atoms with Crippen LogP contribution in [0.2, 0.25) is 0 Å². The van der Waals surface area contributed by atoms with E-state index in [0.29, 0.717) is 22.8 Å². The van der Waals surface area contributed by atoms with Crippen molar-refractivity contribution >= 4 is 29.4 Å². The summed E-state index contributed by atoms with van der Waals surface area (Å²) in [4.78, 5) is 51.6. The summed E-state index contributed by atoms with van der Waals surface area (Å²) in [5, 5.41) is 4.66. The number of piperidine rings is 1. The zero-order chi connectivity index (χ0) is 23.0. The molecule has 2 aromatic rings. The van der Waals surface area contributed by atoms with Gasteiger partial charge in [-0.1, -0.05) is 12.1 Å². The summed E-state index contributed by atoms with van der Waals surface area (Å²) in [7, 11) is 1.48. The molecule has 8 nitrogen and oxygen atoms in total. The van der Waals surface area contributed by atoms with E-state index in [1.54, 1.807) is 0 Å². The minimum absolute atomic E-state index is 0.0348. The Morgan fingerprint density at radius 1 is 1.25 bits per heavy atom. The van der Waals surface area contributed by atoms with Crippen LogP contribution in [0.4, 0.5) is 19.3 Å². The number of benzene rings is 1.